The quantitative estimate of drug-likeness (QED) is 0.824. The highest BCUT2D eigenvalue weighted by Crippen LogP contribution is 2.12. The van der Waals surface area contributed by atoms with Crippen molar-refractivity contribution in [2.75, 3.05) is 0 Å². The molecule has 0 aliphatic heterocycles. The summed E-state index contributed by atoms with van der Waals surface area (Å²) in [4.78, 5) is 8.71. The van der Waals surface area contributed by atoms with Crippen molar-refractivity contribution in [1.29, 1.82) is 0 Å². The minimum atomic E-state index is 0.449. The van der Waals surface area contributed by atoms with Gasteiger partial charge < -0.3 is 5.32 Å². The van der Waals surface area contributed by atoms with Gasteiger partial charge in [0, 0.05) is 30.0 Å². The first-order valence-electron chi connectivity index (χ1n) is 5.59. The van der Waals surface area contributed by atoms with Gasteiger partial charge in [0.1, 0.15) is 5.69 Å². The second-order valence-corrected chi connectivity index (χ2v) is 4.20. The Morgan fingerprint density at radius 1 is 1.35 bits per heavy atom. The van der Waals surface area contributed by atoms with Crippen LogP contribution in [0.1, 0.15) is 25.1 Å². The van der Waals surface area contributed by atoms with Gasteiger partial charge in [0.15, 0.2) is 5.82 Å². The van der Waals surface area contributed by atoms with Crippen LogP contribution < -0.4 is 5.32 Å². The number of nitrogens with zero attached hydrogens (tertiary/aromatic N) is 4. The van der Waals surface area contributed by atoms with Crippen molar-refractivity contribution in [3.8, 4) is 11.5 Å². The minimum Gasteiger partial charge on any atom is -0.310 e. The van der Waals surface area contributed by atoms with E-state index >= 15 is 0 Å². The predicted molar refractivity (Wildman–Crippen MR) is 64.1 cm³/mol. The van der Waals surface area contributed by atoms with Gasteiger partial charge in [0.05, 0.1) is 6.20 Å². The van der Waals surface area contributed by atoms with Gasteiger partial charge in [-0.1, -0.05) is 13.8 Å². The summed E-state index contributed by atoms with van der Waals surface area (Å²) in [6, 6.07) is 0.449. The first-order valence-corrected chi connectivity index (χ1v) is 5.59. The smallest absolute Gasteiger partial charge is 0.181 e. The van der Waals surface area contributed by atoms with Crippen LogP contribution in [0.2, 0.25) is 0 Å². The van der Waals surface area contributed by atoms with Crippen molar-refractivity contribution in [3.05, 3.63) is 23.7 Å². The van der Waals surface area contributed by atoms with Gasteiger partial charge in [-0.05, 0) is 6.92 Å². The van der Waals surface area contributed by atoms with E-state index in [0.29, 0.717) is 17.6 Å². The summed E-state index contributed by atoms with van der Waals surface area (Å²) in [6.45, 7) is 6.98. The normalized spacial score (nSPS) is 11.1. The van der Waals surface area contributed by atoms with Gasteiger partial charge in [0.2, 0.25) is 0 Å². The van der Waals surface area contributed by atoms with Crippen LogP contribution in [0, 0.1) is 6.92 Å². The van der Waals surface area contributed by atoms with E-state index < -0.39 is 0 Å². The number of aryl methyl sites for hydroxylation is 1. The van der Waals surface area contributed by atoms with Gasteiger partial charge in [-0.25, -0.2) is 9.97 Å². The number of rotatable bonds is 4. The SMILES string of the molecule is Cc1nc(-c2cn[nH]n2)ncc1CNC(C)C. The van der Waals surface area contributed by atoms with Crippen LogP contribution in [-0.4, -0.2) is 31.4 Å². The summed E-state index contributed by atoms with van der Waals surface area (Å²) in [5, 5.41) is 13.6. The molecule has 0 bridgehead atoms. The lowest BCUT2D eigenvalue weighted by molar-refractivity contribution is 0.585. The van der Waals surface area contributed by atoms with E-state index in [0.717, 1.165) is 17.8 Å². The van der Waals surface area contributed by atoms with Crippen LogP contribution in [0.25, 0.3) is 11.5 Å². The van der Waals surface area contributed by atoms with E-state index in [1.54, 1.807) is 6.20 Å². The van der Waals surface area contributed by atoms with Gasteiger partial charge in [-0.15, -0.1) is 0 Å². The number of nitrogens with one attached hydrogen (secondary N) is 2. The molecule has 2 aromatic rings. The lowest BCUT2D eigenvalue weighted by atomic mass is 10.2. The summed E-state index contributed by atoms with van der Waals surface area (Å²) in [7, 11) is 0. The van der Waals surface area contributed by atoms with Crippen molar-refractivity contribution < 1.29 is 0 Å². The van der Waals surface area contributed by atoms with Crippen molar-refractivity contribution in [3.63, 3.8) is 0 Å². The molecule has 0 unspecified atom stereocenters. The molecule has 0 spiro atoms. The zero-order valence-electron chi connectivity index (χ0n) is 10.2. The van der Waals surface area contributed by atoms with Gasteiger partial charge >= 0.3 is 0 Å². The fraction of sp³-hybridized carbons (Fsp3) is 0.455. The predicted octanol–water partition coefficient (Wildman–Crippen LogP) is 1.07. The molecule has 0 saturated heterocycles. The summed E-state index contributed by atoms with van der Waals surface area (Å²) in [5.41, 5.74) is 2.73. The van der Waals surface area contributed by atoms with Crippen LogP contribution in [-0.2, 0) is 6.54 Å². The topological polar surface area (TPSA) is 79.4 Å². The molecule has 0 saturated carbocycles. The Morgan fingerprint density at radius 3 is 2.76 bits per heavy atom. The molecule has 6 nitrogen and oxygen atoms in total. The molecule has 2 N–H and O–H groups in total. The van der Waals surface area contributed by atoms with E-state index in [9.17, 15) is 0 Å². The fourth-order valence-electron chi connectivity index (χ4n) is 1.41. The molecule has 2 heterocycles. The zero-order valence-corrected chi connectivity index (χ0v) is 10.2. The highest BCUT2D eigenvalue weighted by molar-refractivity contribution is 5.46. The highest BCUT2D eigenvalue weighted by atomic mass is 15.3. The highest BCUT2D eigenvalue weighted by Gasteiger charge is 2.07. The first kappa shape index (κ1) is 11.7. The van der Waals surface area contributed by atoms with E-state index in [1.165, 1.54) is 0 Å². The standard InChI is InChI=1S/C11H16N6/c1-7(2)12-4-9-5-13-11(15-8(9)3)10-6-14-17-16-10/h5-7,12H,4H2,1-3H3,(H,14,16,17). The Hall–Kier alpha value is -1.82. The number of hydrogen-bond donors (Lipinski definition) is 2. The van der Waals surface area contributed by atoms with Crippen molar-refractivity contribution >= 4 is 0 Å². The van der Waals surface area contributed by atoms with Gasteiger partial charge in [-0.2, -0.15) is 15.4 Å². The maximum absolute atomic E-state index is 4.42. The van der Waals surface area contributed by atoms with Crippen molar-refractivity contribution in [2.24, 2.45) is 0 Å². The first-order chi connectivity index (χ1) is 8.16. The maximum atomic E-state index is 4.42. The molecule has 0 radical (unpaired) electrons. The molecular formula is C11H16N6. The number of aromatic nitrogens is 5. The average molecular weight is 232 g/mol. The monoisotopic (exact) mass is 232 g/mol. The van der Waals surface area contributed by atoms with Gasteiger partial charge in [0.25, 0.3) is 0 Å². The maximum Gasteiger partial charge on any atom is 0.181 e. The third kappa shape index (κ3) is 2.85. The summed E-state index contributed by atoms with van der Waals surface area (Å²) < 4.78 is 0. The second-order valence-electron chi connectivity index (χ2n) is 4.20. The molecule has 0 aromatic carbocycles. The molecule has 0 atom stereocenters. The summed E-state index contributed by atoms with van der Waals surface area (Å²) >= 11 is 0. The third-order valence-electron chi connectivity index (χ3n) is 2.43. The third-order valence-corrected chi connectivity index (χ3v) is 2.43. The fourth-order valence-corrected chi connectivity index (χ4v) is 1.41. The van der Waals surface area contributed by atoms with Gasteiger partial charge in [-0.3, -0.25) is 0 Å². The molecule has 0 amide bonds. The summed E-state index contributed by atoms with van der Waals surface area (Å²) in [5.74, 6) is 0.601. The van der Waals surface area contributed by atoms with Crippen LogP contribution in [0.5, 0.6) is 0 Å². The lowest BCUT2D eigenvalue weighted by Crippen LogP contribution is -2.22. The molecular weight excluding hydrogens is 216 g/mol. The molecule has 0 aliphatic carbocycles. The second kappa shape index (κ2) is 5.01. The van der Waals surface area contributed by atoms with Crippen LogP contribution in [0.3, 0.4) is 0 Å². The summed E-state index contributed by atoms with van der Waals surface area (Å²) in [6.07, 6.45) is 3.45. The number of aromatic amines is 1. The molecule has 6 heteroatoms. The molecule has 2 aromatic heterocycles. The molecule has 0 aliphatic rings. The van der Waals surface area contributed by atoms with Crippen molar-refractivity contribution in [1.82, 2.24) is 30.7 Å². The molecule has 2 rings (SSSR count). The zero-order chi connectivity index (χ0) is 12.3. The Labute approximate surface area is 99.9 Å². The van der Waals surface area contributed by atoms with E-state index in [4.69, 9.17) is 0 Å². The van der Waals surface area contributed by atoms with Crippen LogP contribution in [0.15, 0.2) is 12.4 Å². The number of H-pyrrole nitrogens is 1. The Kier molecular flexibility index (Phi) is 3.43. The molecule has 0 fully saturated rings. The van der Waals surface area contributed by atoms with E-state index in [-0.39, 0.29) is 0 Å². The number of hydrogen-bond acceptors (Lipinski definition) is 5. The van der Waals surface area contributed by atoms with Crippen molar-refractivity contribution in [2.45, 2.75) is 33.4 Å². The largest absolute Gasteiger partial charge is 0.310 e. The van der Waals surface area contributed by atoms with E-state index in [2.05, 4.69) is 44.5 Å². The lowest BCUT2D eigenvalue weighted by Gasteiger charge is -2.09. The average Bonchev–Trinajstić information content (AvgIpc) is 2.80. The Balaban J connectivity index is 2.17. The van der Waals surface area contributed by atoms with Crippen LogP contribution in [0.4, 0.5) is 0 Å². The Morgan fingerprint density at radius 2 is 2.18 bits per heavy atom. The molecule has 17 heavy (non-hydrogen) atoms. The minimum absolute atomic E-state index is 0.449. The Bertz CT molecular complexity index is 477. The van der Waals surface area contributed by atoms with E-state index in [1.807, 2.05) is 13.1 Å². The molecule has 90 valence electrons. The van der Waals surface area contributed by atoms with Crippen LogP contribution >= 0.6 is 0 Å².